The van der Waals surface area contributed by atoms with E-state index < -0.39 is 14.6 Å². The molecule has 1 rings (SSSR count). The van der Waals surface area contributed by atoms with Crippen LogP contribution in [0.2, 0.25) is 0 Å². The van der Waals surface area contributed by atoms with E-state index in [4.69, 9.17) is 17.7 Å². The van der Waals surface area contributed by atoms with E-state index in [0.29, 0.717) is 5.75 Å². The maximum atomic E-state index is 12.2. The third-order valence-electron chi connectivity index (χ3n) is 3.82. The average molecular weight is 415 g/mol. The first kappa shape index (κ1) is 28.2. The van der Waals surface area contributed by atoms with Crippen LogP contribution in [0.4, 0.5) is 0 Å². The first-order chi connectivity index (χ1) is 11.0. The molecule has 5 nitrogen and oxygen atoms in total. The van der Waals surface area contributed by atoms with Crippen molar-refractivity contribution >= 4 is 56.3 Å². The minimum absolute atomic E-state index is 0. The zero-order valence-electron chi connectivity index (χ0n) is 16.3. The standard InChI is InChI=1S/C18H28O2.Na.H2O3S2.H/c1-9-18(7,8)15-13(3)10-12(2)11-14(15)20-16(19)17(4,5)6;;1-5(2,3)4;/h10-11H,9H2,1-8H3;;(H2,1,2,3,4);. The third kappa shape index (κ3) is 10.3. The average Bonchev–Trinajstić information content (AvgIpc) is 2.34. The number of carbonyl (C=O) groups excluding carboxylic acids is 1. The summed E-state index contributed by atoms with van der Waals surface area (Å²) < 4.78 is 31.2. The van der Waals surface area contributed by atoms with Crippen molar-refractivity contribution in [1.29, 1.82) is 0 Å². The van der Waals surface area contributed by atoms with E-state index in [0.717, 1.165) is 17.5 Å². The molecule has 0 amide bonds. The molecule has 0 saturated heterocycles. The third-order valence-corrected chi connectivity index (χ3v) is 3.82. The molecule has 26 heavy (non-hydrogen) atoms. The molecule has 1 aromatic carbocycles. The van der Waals surface area contributed by atoms with Crippen molar-refractivity contribution in [2.24, 2.45) is 5.41 Å². The summed E-state index contributed by atoms with van der Waals surface area (Å²) >= 11 is 2.65. The number of esters is 1. The van der Waals surface area contributed by atoms with Crippen LogP contribution in [0.15, 0.2) is 12.1 Å². The van der Waals surface area contributed by atoms with Crippen molar-refractivity contribution in [3.63, 3.8) is 0 Å². The number of ether oxygens (including phenoxy) is 1. The Kier molecular flexibility index (Phi) is 11.4. The fraction of sp³-hybridized carbons (Fsp3) is 0.611. The summed E-state index contributed by atoms with van der Waals surface area (Å²) in [5.74, 6) is 0.532. The van der Waals surface area contributed by atoms with Crippen LogP contribution in [0.5, 0.6) is 5.75 Å². The molecular weight excluding hydrogens is 383 g/mol. The predicted octanol–water partition coefficient (Wildman–Crippen LogP) is 4.01. The SMILES string of the molecule is CCC(C)(C)c1c(C)cc(C)cc1OC(=O)C(C)(C)C.O=S(=O)(O)S.[NaH]. The molecule has 0 aliphatic rings. The van der Waals surface area contributed by atoms with Gasteiger partial charge in [-0.25, -0.2) is 0 Å². The fourth-order valence-electron chi connectivity index (χ4n) is 2.31. The van der Waals surface area contributed by atoms with Gasteiger partial charge >= 0.3 is 44.7 Å². The van der Waals surface area contributed by atoms with Gasteiger partial charge in [-0.1, -0.05) is 26.8 Å². The number of carbonyl (C=O) groups is 1. The van der Waals surface area contributed by atoms with Crippen LogP contribution in [0.1, 0.15) is 64.7 Å². The molecule has 0 aliphatic carbocycles. The Balaban J connectivity index is 0. The van der Waals surface area contributed by atoms with Gasteiger partial charge in [-0.3, -0.25) is 9.35 Å². The van der Waals surface area contributed by atoms with Crippen LogP contribution < -0.4 is 4.74 Å². The monoisotopic (exact) mass is 414 g/mol. The van der Waals surface area contributed by atoms with E-state index in [9.17, 15) is 4.79 Å². The van der Waals surface area contributed by atoms with Crippen LogP contribution in [-0.2, 0) is 19.4 Å². The molecule has 0 atom stereocenters. The second-order valence-corrected chi connectivity index (χ2v) is 10.1. The first-order valence-electron chi connectivity index (χ1n) is 8.03. The van der Waals surface area contributed by atoms with Crippen molar-refractivity contribution in [2.75, 3.05) is 0 Å². The molecule has 1 N–H and O–H groups in total. The van der Waals surface area contributed by atoms with Gasteiger partial charge in [0.2, 0.25) is 0 Å². The number of rotatable bonds is 3. The Bertz CT molecular complexity index is 712. The van der Waals surface area contributed by atoms with E-state index in [2.05, 4.69) is 45.4 Å². The maximum absolute atomic E-state index is 12.2. The number of hydrogen-bond acceptors (Lipinski definition) is 4. The van der Waals surface area contributed by atoms with Gasteiger partial charge in [0.1, 0.15) is 5.75 Å². The van der Waals surface area contributed by atoms with Crippen LogP contribution in [0, 0.1) is 19.3 Å². The quantitative estimate of drug-likeness (QED) is 0.195. The fourth-order valence-corrected chi connectivity index (χ4v) is 2.31. The van der Waals surface area contributed by atoms with Gasteiger partial charge < -0.3 is 4.74 Å². The van der Waals surface area contributed by atoms with E-state index in [1.54, 1.807) is 0 Å². The summed E-state index contributed by atoms with van der Waals surface area (Å²) in [6.45, 7) is 16.3. The van der Waals surface area contributed by atoms with Crippen LogP contribution >= 0.6 is 11.7 Å². The number of hydrogen-bond donors (Lipinski definition) is 2. The molecule has 1 aromatic rings. The Morgan fingerprint density at radius 2 is 1.58 bits per heavy atom. The number of benzene rings is 1. The molecule has 0 aliphatic heterocycles. The van der Waals surface area contributed by atoms with Gasteiger partial charge in [-0.2, -0.15) is 8.42 Å². The molecule has 0 spiro atoms. The summed E-state index contributed by atoms with van der Waals surface area (Å²) in [5.41, 5.74) is 2.95. The Morgan fingerprint density at radius 1 is 1.15 bits per heavy atom. The molecule has 0 unspecified atom stereocenters. The summed E-state index contributed by atoms with van der Waals surface area (Å²) in [6.07, 6.45) is 0.997. The van der Waals surface area contributed by atoms with Crippen LogP contribution in [-0.4, -0.2) is 48.5 Å². The Labute approximate surface area is 185 Å². The summed E-state index contributed by atoms with van der Waals surface area (Å²) in [7, 11) is -3.97. The minimum atomic E-state index is -3.97. The molecule has 146 valence electrons. The van der Waals surface area contributed by atoms with E-state index >= 15 is 0 Å². The Morgan fingerprint density at radius 3 is 1.92 bits per heavy atom. The summed E-state index contributed by atoms with van der Waals surface area (Å²) in [6, 6.07) is 4.13. The zero-order chi connectivity index (χ0) is 20.2. The summed E-state index contributed by atoms with van der Waals surface area (Å²) in [5, 5.41) is 0. The van der Waals surface area contributed by atoms with Crippen molar-refractivity contribution in [3.8, 4) is 5.75 Å². The van der Waals surface area contributed by atoms with E-state index in [-0.39, 0.29) is 40.9 Å². The second-order valence-electron chi connectivity index (χ2n) is 7.78. The molecule has 8 heteroatoms. The second kappa shape index (κ2) is 10.5. The first-order valence-corrected chi connectivity index (χ1v) is 10.5. The normalized spacial score (nSPS) is 11.8. The van der Waals surface area contributed by atoms with E-state index in [1.807, 2.05) is 33.8 Å². The Hall–Kier alpha value is -0.0500. The van der Waals surface area contributed by atoms with Gasteiger partial charge in [0, 0.05) is 5.56 Å². The summed E-state index contributed by atoms with van der Waals surface area (Å²) in [4.78, 5) is 12.2. The number of thiol groups is 1. The van der Waals surface area contributed by atoms with Crippen LogP contribution in [0.25, 0.3) is 0 Å². The molecule has 0 saturated carbocycles. The zero-order valence-corrected chi connectivity index (χ0v) is 18.0. The van der Waals surface area contributed by atoms with Crippen molar-refractivity contribution in [2.45, 2.75) is 67.2 Å². The molecule has 0 radical (unpaired) electrons. The number of aryl methyl sites for hydroxylation is 2. The van der Waals surface area contributed by atoms with Crippen molar-refractivity contribution < 1.29 is 22.5 Å². The van der Waals surface area contributed by atoms with Crippen molar-refractivity contribution in [3.05, 3.63) is 28.8 Å². The van der Waals surface area contributed by atoms with Crippen LogP contribution in [0.3, 0.4) is 0 Å². The van der Waals surface area contributed by atoms with E-state index in [1.165, 1.54) is 5.56 Å². The predicted molar refractivity (Wildman–Crippen MR) is 112 cm³/mol. The topological polar surface area (TPSA) is 80.7 Å². The molecular formula is C18H31NaO5S2. The van der Waals surface area contributed by atoms with Gasteiger partial charge in [0.25, 0.3) is 0 Å². The molecule has 0 heterocycles. The molecule has 0 fully saturated rings. The van der Waals surface area contributed by atoms with Gasteiger partial charge in [-0.05, 0) is 75.3 Å². The van der Waals surface area contributed by atoms with Gasteiger partial charge in [0.05, 0.1) is 5.41 Å². The van der Waals surface area contributed by atoms with Gasteiger partial charge in [-0.15, -0.1) is 0 Å². The van der Waals surface area contributed by atoms with Crippen molar-refractivity contribution in [1.82, 2.24) is 0 Å². The van der Waals surface area contributed by atoms with Gasteiger partial charge in [0.15, 0.2) is 0 Å². The molecule has 0 aromatic heterocycles. The molecule has 0 bridgehead atoms.